The molecule has 0 unspecified atom stereocenters. The highest BCUT2D eigenvalue weighted by Gasteiger charge is 2.15. The van der Waals surface area contributed by atoms with Crippen molar-refractivity contribution in [3.05, 3.63) is 0 Å². The fourth-order valence-corrected chi connectivity index (χ4v) is 1.78. The van der Waals surface area contributed by atoms with Crippen molar-refractivity contribution in [2.45, 2.75) is 52.6 Å². The Morgan fingerprint density at radius 2 is 1.04 bits per heavy atom. The van der Waals surface area contributed by atoms with Gasteiger partial charge in [-0.2, -0.15) is 0 Å². The van der Waals surface area contributed by atoms with Crippen LogP contribution in [0.2, 0.25) is 0 Å². The molecule has 0 saturated heterocycles. The Morgan fingerprint density at radius 1 is 0.654 bits per heavy atom. The van der Waals surface area contributed by atoms with Gasteiger partial charge >= 0.3 is 5.97 Å². The van der Waals surface area contributed by atoms with Crippen molar-refractivity contribution < 1.29 is 33.2 Å². The molecule has 7 nitrogen and oxygen atoms in total. The Bertz CT molecular complexity index is 315. The Kier molecular flexibility index (Phi) is 17.2. The zero-order valence-electron chi connectivity index (χ0n) is 17.1. The van der Waals surface area contributed by atoms with E-state index in [9.17, 15) is 4.79 Å². The van der Waals surface area contributed by atoms with Crippen LogP contribution < -0.4 is 0 Å². The molecule has 0 aliphatic heterocycles. The largest absolute Gasteiger partial charge is 0.460 e. The lowest BCUT2D eigenvalue weighted by Crippen LogP contribution is -2.24. The van der Waals surface area contributed by atoms with Gasteiger partial charge in [-0.05, 0) is 27.2 Å². The highest BCUT2D eigenvalue weighted by molar-refractivity contribution is 5.69. The van der Waals surface area contributed by atoms with E-state index in [-0.39, 0.29) is 12.4 Å². The van der Waals surface area contributed by atoms with E-state index < -0.39 is 5.60 Å². The van der Waals surface area contributed by atoms with Gasteiger partial charge in [0.15, 0.2) is 0 Å². The van der Waals surface area contributed by atoms with Crippen LogP contribution in [0.25, 0.3) is 0 Å². The minimum Gasteiger partial charge on any atom is -0.460 e. The molecule has 156 valence electrons. The summed E-state index contributed by atoms with van der Waals surface area (Å²) in [5, 5.41) is 0. The standard InChI is InChI=1S/C19H38O7/c1-5-6-8-21-10-12-23-14-16-25-17-15-24-13-11-22-9-7-18(20)26-19(2,3)4/h5-17H2,1-4H3. The summed E-state index contributed by atoms with van der Waals surface area (Å²) in [6.07, 6.45) is 2.50. The molecule has 0 amide bonds. The lowest BCUT2D eigenvalue weighted by molar-refractivity contribution is -0.156. The first-order valence-electron chi connectivity index (χ1n) is 9.56. The molecule has 0 aliphatic carbocycles. The van der Waals surface area contributed by atoms with Gasteiger partial charge in [0.1, 0.15) is 5.60 Å². The van der Waals surface area contributed by atoms with Gasteiger partial charge in [0.05, 0.1) is 65.9 Å². The van der Waals surface area contributed by atoms with E-state index in [1.807, 2.05) is 20.8 Å². The fourth-order valence-electron chi connectivity index (χ4n) is 1.78. The van der Waals surface area contributed by atoms with Crippen LogP contribution in [0.5, 0.6) is 0 Å². The van der Waals surface area contributed by atoms with E-state index in [2.05, 4.69) is 6.92 Å². The minimum atomic E-state index is -0.451. The van der Waals surface area contributed by atoms with E-state index in [1.165, 1.54) is 0 Å². The third-order valence-electron chi connectivity index (χ3n) is 3.00. The maximum atomic E-state index is 11.5. The fraction of sp³-hybridized carbons (Fsp3) is 0.947. The Balaban J connectivity index is 3.12. The van der Waals surface area contributed by atoms with Crippen LogP contribution in [-0.4, -0.2) is 77.6 Å². The van der Waals surface area contributed by atoms with Gasteiger partial charge in [-0.25, -0.2) is 0 Å². The van der Waals surface area contributed by atoms with Crippen molar-refractivity contribution in [1.29, 1.82) is 0 Å². The van der Waals surface area contributed by atoms with E-state index >= 15 is 0 Å². The Labute approximate surface area is 158 Å². The summed E-state index contributed by atoms with van der Waals surface area (Å²) in [6, 6.07) is 0. The number of carbonyl (C=O) groups is 1. The van der Waals surface area contributed by atoms with Crippen LogP contribution in [-0.2, 0) is 33.2 Å². The molecule has 0 aromatic carbocycles. The molecule has 0 spiro atoms. The lowest BCUT2D eigenvalue weighted by atomic mass is 10.2. The highest BCUT2D eigenvalue weighted by Crippen LogP contribution is 2.07. The molecule has 26 heavy (non-hydrogen) atoms. The van der Waals surface area contributed by atoms with E-state index in [1.54, 1.807) is 0 Å². The van der Waals surface area contributed by atoms with Gasteiger partial charge in [-0.3, -0.25) is 4.79 Å². The number of unbranched alkanes of at least 4 members (excludes halogenated alkanes) is 1. The van der Waals surface area contributed by atoms with Crippen LogP contribution in [0.1, 0.15) is 47.0 Å². The molecule has 0 radical (unpaired) electrons. The average Bonchev–Trinajstić information content (AvgIpc) is 2.56. The topological polar surface area (TPSA) is 72.5 Å². The molecule has 0 aromatic rings. The van der Waals surface area contributed by atoms with Gasteiger partial charge in [-0.1, -0.05) is 13.3 Å². The second-order valence-corrected chi connectivity index (χ2v) is 6.75. The summed E-state index contributed by atoms with van der Waals surface area (Å²) in [6.45, 7) is 13.1. The number of ether oxygens (including phenoxy) is 6. The van der Waals surface area contributed by atoms with E-state index in [4.69, 9.17) is 28.4 Å². The number of esters is 1. The minimum absolute atomic E-state index is 0.249. The third-order valence-corrected chi connectivity index (χ3v) is 3.00. The van der Waals surface area contributed by atoms with Crippen LogP contribution in [0.3, 0.4) is 0 Å². The average molecular weight is 379 g/mol. The molecule has 0 saturated carbocycles. The summed E-state index contributed by atoms with van der Waals surface area (Å²) in [5.41, 5.74) is -0.451. The second kappa shape index (κ2) is 17.7. The lowest BCUT2D eigenvalue weighted by Gasteiger charge is -2.19. The smallest absolute Gasteiger partial charge is 0.308 e. The monoisotopic (exact) mass is 378 g/mol. The predicted molar refractivity (Wildman–Crippen MR) is 99.5 cm³/mol. The maximum Gasteiger partial charge on any atom is 0.308 e. The number of hydrogen-bond donors (Lipinski definition) is 0. The van der Waals surface area contributed by atoms with Crippen molar-refractivity contribution in [3.63, 3.8) is 0 Å². The second-order valence-electron chi connectivity index (χ2n) is 6.75. The van der Waals surface area contributed by atoms with Gasteiger partial charge in [-0.15, -0.1) is 0 Å². The summed E-state index contributed by atoms with van der Waals surface area (Å²) in [7, 11) is 0. The predicted octanol–water partition coefficient (Wildman–Crippen LogP) is 2.60. The van der Waals surface area contributed by atoms with E-state index in [0.29, 0.717) is 59.5 Å². The molecule has 7 heteroatoms. The van der Waals surface area contributed by atoms with Crippen LogP contribution in [0, 0.1) is 0 Å². The molecule has 0 aromatic heterocycles. The van der Waals surface area contributed by atoms with Gasteiger partial charge in [0.25, 0.3) is 0 Å². The van der Waals surface area contributed by atoms with Crippen molar-refractivity contribution in [2.24, 2.45) is 0 Å². The van der Waals surface area contributed by atoms with Crippen molar-refractivity contribution in [2.75, 3.05) is 66.1 Å². The summed E-state index contributed by atoms with van der Waals surface area (Å²) in [4.78, 5) is 11.5. The Morgan fingerprint density at radius 3 is 1.42 bits per heavy atom. The highest BCUT2D eigenvalue weighted by atomic mass is 16.6. The normalized spacial score (nSPS) is 11.7. The summed E-state index contributed by atoms with van der Waals surface area (Å²) < 4.78 is 32.1. The SMILES string of the molecule is CCCCOCCOCCOCCOCCOCCC(=O)OC(C)(C)C. The van der Waals surface area contributed by atoms with Gasteiger partial charge in [0, 0.05) is 6.61 Å². The zero-order chi connectivity index (χ0) is 19.5. The van der Waals surface area contributed by atoms with Crippen molar-refractivity contribution in [3.8, 4) is 0 Å². The molecule has 0 atom stereocenters. The summed E-state index contributed by atoms with van der Waals surface area (Å²) >= 11 is 0. The molecule has 0 heterocycles. The quantitative estimate of drug-likeness (QED) is 0.268. The third kappa shape index (κ3) is 21.3. The first kappa shape index (κ1) is 25.3. The van der Waals surface area contributed by atoms with Crippen LogP contribution >= 0.6 is 0 Å². The number of carbonyl (C=O) groups excluding carboxylic acids is 1. The van der Waals surface area contributed by atoms with Crippen LogP contribution in [0.4, 0.5) is 0 Å². The molecule has 0 N–H and O–H groups in total. The number of rotatable bonds is 18. The molecule has 0 aliphatic rings. The Hall–Kier alpha value is -0.730. The molecule has 0 bridgehead atoms. The molecule has 0 rings (SSSR count). The number of hydrogen-bond acceptors (Lipinski definition) is 7. The maximum absolute atomic E-state index is 11.5. The van der Waals surface area contributed by atoms with Crippen molar-refractivity contribution in [1.82, 2.24) is 0 Å². The molecular formula is C19H38O7. The van der Waals surface area contributed by atoms with Crippen LogP contribution in [0.15, 0.2) is 0 Å². The van der Waals surface area contributed by atoms with Gasteiger partial charge < -0.3 is 28.4 Å². The van der Waals surface area contributed by atoms with Gasteiger partial charge in [0.2, 0.25) is 0 Å². The molecular weight excluding hydrogens is 340 g/mol. The molecule has 0 fully saturated rings. The van der Waals surface area contributed by atoms with Crippen molar-refractivity contribution >= 4 is 5.97 Å². The zero-order valence-corrected chi connectivity index (χ0v) is 17.1. The first-order valence-corrected chi connectivity index (χ1v) is 9.56. The summed E-state index contributed by atoms with van der Waals surface area (Å²) in [5.74, 6) is -0.249. The first-order chi connectivity index (χ1) is 12.5. The van der Waals surface area contributed by atoms with E-state index in [0.717, 1.165) is 19.4 Å².